The Morgan fingerprint density at radius 2 is 2.28 bits per heavy atom. The van der Waals surface area contributed by atoms with Crippen LogP contribution in [0.1, 0.15) is 34.3 Å². The second-order valence-corrected chi connectivity index (χ2v) is 5.91. The lowest BCUT2D eigenvalue weighted by molar-refractivity contribution is 0.532. The molecule has 0 bridgehead atoms. The number of hydrogen-bond donors (Lipinski definition) is 1. The maximum Gasteiger partial charge on any atom is 0.0897 e. The molecule has 1 atom stereocenters. The van der Waals surface area contributed by atoms with Crippen LogP contribution in [0.25, 0.3) is 0 Å². The summed E-state index contributed by atoms with van der Waals surface area (Å²) in [6, 6.07) is 9.33. The average molecular weight is 258 g/mol. The Kier molecular flexibility index (Phi) is 3.43. The molecule has 0 amide bonds. The summed E-state index contributed by atoms with van der Waals surface area (Å²) in [6.07, 6.45) is 3.47. The van der Waals surface area contributed by atoms with Crippen molar-refractivity contribution in [3.05, 3.63) is 51.5 Å². The minimum Gasteiger partial charge on any atom is -0.310 e. The molecule has 0 saturated carbocycles. The highest BCUT2D eigenvalue weighted by atomic mass is 32.1. The van der Waals surface area contributed by atoms with Gasteiger partial charge in [0, 0.05) is 24.4 Å². The Morgan fingerprint density at radius 3 is 3.11 bits per heavy atom. The minimum absolute atomic E-state index is 0.543. The molecule has 18 heavy (non-hydrogen) atoms. The lowest BCUT2D eigenvalue weighted by atomic mass is 10.1. The van der Waals surface area contributed by atoms with Gasteiger partial charge in [0.25, 0.3) is 0 Å². The van der Waals surface area contributed by atoms with Gasteiger partial charge in [-0.15, -0.1) is 11.3 Å². The van der Waals surface area contributed by atoms with Gasteiger partial charge in [-0.1, -0.05) is 24.3 Å². The summed E-state index contributed by atoms with van der Waals surface area (Å²) in [4.78, 5) is 4.50. The molecule has 0 radical (unpaired) electrons. The number of aromatic nitrogens is 1. The van der Waals surface area contributed by atoms with Crippen molar-refractivity contribution in [2.24, 2.45) is 0 Å². The molecule has 1 N–H and O–H groups in total. The van der Waals surface area contributed by atoms with Gasteiger partial charge < -0.3 is 5.32 Å². The van der Waals surface area contributed by atoms with Crippen molar-refractivity contribution in [1.29, 1.82) is 0 Å². The molecule has 3 rings (SSSR count). The van der Waals surface area contributed by atoms with Gasteiger partial charge in [-0.3, -0.25) is 0 Å². The zero-order chi connectivity index (χ0) is 12.4. The number of aryl methyl sites for hydroxylation is 2. The normalized spacial score (nSPS) is 17.9. The van der Waals surface area contributed by atoms with Gasteiger partial charge in [-0.25, -0.2) is 4.98 Å². The van der Waals surface area contributed by atoms with Crippen LogP contribution in [0.2, 0.25) is 0 Å². The van der Waals surface area contributed by atoms with Crippen LogP contribution in [0.4, 0.5) is 0 Å². The van der Waals surface area contributed by atoms with Gasteiger partial charge in [0.2, 0.25) is 0 Å². The van der Waals surface area contributed by atoms with Gasteiger partial charge in [0.1, 0.15) is 0 Å². The van der Waals surface area contributed by atoms with Crippen molar-refractivity contribution >= 4 is 11.3 Å². The molecule has 2 nitrogen and oxygen atoms in total. The van der Waals surface area contributed by atoms with E-state index in [9.17, 15) is 0 Å². The molecule has 1 aromatic heterocycles. The maximum absolute atomic E-state index is 4.50. The molecule has 1 aliphatic rings. The monoisotopic (exact) mass is 258 g/mol. The number of rotatable bonds is 4. The third-order valence-corrected chi connectivity index (χ3v) is 4.39. The van der Waals surface area contributed by atoms with Gasteiger partial charge in [0.05, 0.1) is 10.7 Å². The van der Waals surface area contributed by atoms with E-state index in [1.54, 1.807) is 11.3 Å². The van der Waals surface area contributed by atoms with Crippen molar-refractivity contribution < 1.29 is 0 Å². The Morgan fingerprint density at radius 1 is 1.39 bits per heavy atom. The zero-order valence-corrected chi connectivity index (χ0v) is 11.5. The maximum atomic E-state index is 4.50. The molecule has 0 fully saturated rings. The third-order valence-electron chi connectivity index (χ3n) is 3.57. The predicted molar refractivity (Wildman–Crippen MR) is 76.1 cm³/mol. The molecule has 1 heterocycles. The largest absolute Gasteiger partial charge is 0.310 e. The van der Waals surface area contributed by atoms with Crippen LogP contribution in [0.3, 0.4) is 0 Å². The van der Waals surface area contributed by atoms with Gasteiger partial charge in [-0.05, 0) is 30.9 Å². The highest BCUT2D eigenvalue weighted by Gasteiger charge is 2.20. The van der Waals surface area contributed by atoms with Crippen molar-refractivity contribution in [3.63, 3.8) is 0 Å². The van der Waals surface area contributed by atoms with Gasteiger partial charge >= 0.3 is 0 Å². The standard InChI is InChI=1S/C15H18N2S/c1-11-17-13(10-18-11)8-9-16-15-7-6-12-4-2-3-5-14(12)15/h2-5,10,15-16H,6-9H2,1H3/t15-/m1/s1. The summed E-state index contributed by atoms with van der Waals surface area (Å²) >= 11 is 1.74. The summed E-state index contributed by atoms with van der Waals surface area (Å²) < 4.78 is 0. The van der Waals surface area contributed by atoms with Crippen LogP contribution in [0, 0.1) is 6.92 Å². The summed E-state index contributed by atoms with van der Waals surface area (Å²) in [5.41, 5.74) is 4.22. The van der Waals surface area contributed by atoms with Crippen LogP contribution in [0.15, 0.2) is 29.6 Å². The van der Waals surface area contributed by atoms with Crippen LogP contribution >= 0.6 is 11.3 Å². The highest BCUT2D eigenvalue weighted by molar-refractivity contribution is 7.09. The summed E-state index contributed by atoms with van der Waals surface area (Å²) in [5, 5.41) is 6.99. The number of benzene rings is 1. The van der Waals surface area contributed by atoms with E-state index in [1.807, 2.05) is 0 Å². The van der Waals surface area contributed by atoms with E-state index < -0.39 is 0 Å². The molecule has 94 valence electrons. The van der Waals surface area contributed by atoms with E-state index in [0.29, 0.717) is 6.04 Å². The molecular formula is C15H18N2S. The molecule has 0 aliphatic heterocycles. The van der Waals surface area contributed by atoms with Crippen LogP contribution in [-0.4, -0.2) is 11.5 Å². The first-order valence-electron chi connectivity index (χ1n) is 6.55. The molecule has 1 aliphatic carbocycles. The van der Waals surface area contributed by atoms with E-state index in [-0.39, 0.29) is 0 Å². The van der Waals surface area contributed by atoms with Crippen molar-refractivity contribution in [1.82, 2.24) is 10.3 Å². The van der Waals surface area contributed by atoms with Crippen LogP contribution in [0.5, 0.6) is 0 Å². The fraction of sp³-hybridized carbons (Fsp3) is 0.400. The Hall–Kier alpha value is -1.19. The highest BCUT2D eigenvalue weighted by Crippen LogP contribution is 2.30. The van der Waals surface area contributed by atoms with E-state index in [2.05, 4.69) is 46.9 Å². The summed E-state index contributed by atoms with van der Waals surface area (Å²) in [5.74, 6) is 0. The van der Waals surface area contributed by atoms with E-state index in [4.69, 9.17) is 0 Å². The second kappa shape index (κ2) is 5.21. The lowest BCUT2D eigenvalue weighted by Gasteiger charge is -2.13. The summed E-state index contributed by atoms with van der Waals surface area (Å²) in [6.45, 7) is 3.08. The van der Waals surface area contributed by atoms with Crippen LogP contribution < -0.4 is 5.32 Å². The van der Waals surface area contributed by atoms with Crippen molar-refractivity contribution in [3.8, 4) is 0 Å². The van der Waals surface area contributed by atoms with E-state index in [1.165, 1.54) is 29.7 Å². The second-order valence-electron chi connectivity index (χ2n) is 4.85. The Labute approximate surface area is 112 Å². The first kappa shape index (κ1) is 11.9. The van der Waals surface area contributed by atoms with E-state index >= 15 is 0 Å². The Balaban J connectivity index is 1.56. The zero-order valence-electron chi connectivity index (χ0n) is 10.6. The van der Waals surface area contributed by atoms with Gasteiger partial charge in [0.15, 0.2) is 0 Å². The SMILES string of the molecule is Cc1nc(CCN[C@@H]2CCc3ccccc32)cs1. The first-order valence-corrected chi connectivity index (χ1v) is 7.43. The fourth-order valence-corrected chi connectivity index (χ4v) is 3.31. The number of hydrogen-bond acceptors (Lipinski definition) is 3. The average Bonchev–Trinajstić information content (AvgIpc) is 2.97. The molecular weight excluding hydrogens is 240 g/mol. The molecule has 0 saturated heterocycles. The number of nitrogens with zero attached hydrogens (tertiary/aromatic N) is 1. The summed E-state index contributed by atoms with van der Waals surface area (Å²) in [7, 11) is 0. The molecule has 1 aromatic carbocycles. The molecule has 3 heteroatoms. The quantitative estimate of drug-likeness (QED) is 0.910. The topological polar surface area (TPSA) is 24.9 Å². The number of thiazole rings is 1. The molecule has 0 unspecified atom stereocenters. The van der Waals surface area contributed by atoms with Crippen molar-refractivity contribution in [2.45, 2.75) is 32.2 Å². The smallest absolute Gasteiger partial charge is 0.0897 e. The predicted octanol–water partition coefficient (Wildman–Crippen LogP) is 3.27. The van der Waals surface area contributed by atoms with E-state index in [0.717, 1.165) is 18.0 Å². The van der Waals surface area contributed by atoms with Crippen LogP contribution in [-0.2, 0) is 12.8 Å². The van der Waals surface area contributed by atoms with Gasteiger partial charge in [-0.2, -0.15) is 0 Å². The lowest BCUT2D eigenvalue weighted by Crippen LogP contribution is -2.21. The number of nitrogens with one attached hydrogen (secondary N) is 1. The van der Waals surface area contributed by atoms with Crippen molar-refractivity contribution in [2.75, 3.05) is 6.54 Å². The fourth-order valence-electron chi connectivity index (χ4n) is 2.67. The third kappa shape index (κ3) is 2.47. The molecule has 0 spiro atoms. The number of fused-ring (bicyclic) bond motifs is 1. The molecule has 2 aromatic rings. The first-order chi connectivity index (χ1) is 8.83. The Bertz CT molecular complexity index is 533. The minimum atomic E-state index is 0.543.